The zero-order valence-electron chi connectivity index (χ0n) is 9.29. The minimum absolute atomic E-state index is 0.861. The van der Waals surface area contributed by atoms with Gasteiger partial charge in [0.25, 0.3) is 0 Å². The van der Waals surface area contributed by atoms with Crippen LogP contribution in [0.1, 0.15) is 43.6 Å². The van der Waals surface area contributed by atoms with E-state index in [9.17, 15) is 0 Å². The molecule has 0 aromatic heterocycles. The summed E-state index contributed by atoms with van der Waals surface area (Å²) >= 11 is 0. The van der Waals surface area contributed by atoms with Gasteiger partial charge in [0.2, 0.25) is 0 Å². The van der Waals surface area contributed by atoms with Crippen LogP contribution in [0, 0.1) is 0 Å². The molecule has 4 N–H and O–H groups in total. The van der Waals surface area contributed by atoms with Gasteiger partial charge in [-0.15, -0.1) is 0 Å². The molecule has 1 saturated carbocycles. The molecule has 1 aliphatic carbocycles. The van der Waals surface area contributed by atoms with Crippen molar-refractivity contribution >= 4 is 0 Å². The Kier molecular flexibility index (Phi) is 9.95. The highest BCUT2D eigenvalue weighted by Crippen LogP contribution is 2.31. The normalized spacial score (nSPS) is 15.2. The van der Waals surface area contributed by atoms with E-state index in [4.69, 9.17) is 21.0 Å². The van der Waals surface area contributed by atoms with Crippen molar-refractivity contribution < 1.29 is 21.0 Å². The molecule has 0 amide bonds. The lowest BCUT2D eigenvalue weighted by molar-refractivity contribution is -0.176. The van der Waals surface area contributed by atoms with Gasteiger partial charge >= 0.3 is 0 Å². The van der Waals surface area contributed by atoms with Crippen LogP contribution < -0.4 is 0 Å². The van der Waals surface area contributed by atoms with Crippen LogP contribution in [0.5, 0.6) is 0 Å². The Morgan fingerprint density at radius 3 is 1.75 bits per heavy atom. The van der Waals surface area contributed by atoms with Crippen LogP contribution in [0.3, 0.4) is 0 Å². The van der Waals surface area contributed by atoms with Crippen LogP contribution in [0.15, 0.2) is 30.3 Å². The maximum atomic E-state index is 6.00. The molecule has 0 unspecified atom stereocenters. The van der Waals surface area contributed by atoms with Gasteiger partial charge < -0.3 is 0 Å². The Morgan fingerprint density at radius 2 is 1.25 bits per heavy atom. The average Bonchev–Trinajstić information content (AvgIpc) is 2.45. The van der Waals surface area contributed by atoms with Crippen molar-refractivity contribution in [2.75, 3.05) is 0 Å². The molecule has 1 fully saturated rings. The number of hydrogen-bond acceptors (Lipinski definition) is 4. The molecule has 0 bridgehead atoms. The minimum atomic E-state index is 0.861. The highest BCUT2D eigenvalue weighted by atomic mass is 17.0. The molecule has 0 atom stereocenters. The van der Waals surface area contributed by atoms with Gasteiger partial charge in [-0.25, -0.2) is 0 Å². The van der Waals surface area contributed by atoms with Gasteiger partial charge in [-0.1, -0.05) is 49.6 Å². The van der Waals surface area contributed by atoms with Gasteiger partial charge in [0.15, 0.2) is 0 Å². The van der Waals surface area contributed by atoms with Crippen LogP contribution in [-0.2, 0) is 0 Å². The lowest BCUT2D eigenvalue weighted by atomic mass is 9.84. The van der Waals surface area contributed by atoms with Crippen LogP contribution >= 0.6 is 0 Å². The van der Waals surface area contributed by atoms with Crippen molar-refractivity contribution in [3.05, 3.63) is 35.9 Å². The summed E-state index contributed by atoms with van der Waals surface area (Å²) in [5.74, 6) is 0.861. The molecule has 2 rings (SSSR count). The molecule has 4 nitrogen and oxygen atoms in total. The summed E-state index contributed by atoms with van der Waals surface area (Å²) in [5.41, 5.74) is 1.55. The first-order chi connectivity index (χ1) is 7.97. The molecule has 16 heavy (non-hydrogen) atoms. The fourth-order valence-corrected chi connectivity index (χ4v) is 2.16. The molecule has 0 heterocycles. The van der Waals surface area contributed by atoms with Crippen molar-refractivity contribution in [3.63, 3.8) is 0 Å². The van der Waals surface area contributed by atoms with Gasteiger partial charge in [0, 0.05) is 0 Å². The number of hydrogen-bond donors (Lipinski definition) is 4. The quantitative estimate of drug-likeness (QED) is 0.435. The molecule has 0 spiro atoms. The predicted octanol–water partition coefficient (Wildman–Crippen LogP) is 3.77. The van der Waals surface area contributed by atoms with E-state index in [0.717, 1.165) is 5.92 Å². The van der Waals surface area contributed by atoms with Gasteiger partial charge in [0.05, 0.1) is 0 Å². The standard InChI is InChI=1S/C12H16.2H2O2/c1-3-7-11(8-4-1)12-9-5-2-6-10-12;2*1-2/h1,3-4,7-8,12H,2,5-6,9-10H2;2*1-2H. The highest BCUT2D eigenvalue weighted by molar-refractivity contribution is 5.19. The number of rotatable bonds is 1. The smallest absolute Gasteiger partial charge is 0.0162 e. The zero-order chi connectivity index (χ0) is 12.2. The lowest BCUT2D eigenvalue weighted by Crippen LogP contribution is -2.03. The van der Waals surface area contributed by atoms with Gasteiger partial charge in [-0.2, -0.15) is 0 Å². The van der Waals surface area contributed by atoms with E-state index in [-0.39, 0.29) is 0 Å². The molecule has 4 heteroatoms. The minimum Gasteiger partial charge on any atom is -0.255 e. The second kappa shape index (κ2) is 10.6. The Labute approximate surface area is 95.7 Å². The van der Waals surface area contributed by atoms with Gasteiger partial charge in [-0.05, 0) is 24.3 Å². The van der Waals surface area contributed by atoms with Crippen molar-refractivity contribution in [1.82, 2.24) is 0 Å². The lowest BCUT2D eigenvalue weighted by Gasteiger charge is -2.21. The Bertz CT molecular complexity index is 232. The predicted molar refractivity (Wildman–Crippen MR) is 62.8 cm³/mol. The largest absolute Gasteiger partial charge is 0.255 e. The van der Waals surface area contributed by atoms with Crippen LogP contribution in [0.2, 0.25) is 0 Å². The fraction of sp³-hybridized carbons (Fsp3) is 0.500. The molecule has 0 saturated heterocycles. The average molecular weight is 228 g/mol. The first-order valence-electron chi connectivity index (χ1n) is 5.42. The van der Waals surface area contributed by atoms with E-state index in [1.807, 2.05) is 0 Å². The molecular formula is C12H20O4. The van der Waals surface area contributed by atoms with Gasteiger partial charge in [0.1, 0.15) is 0 Å². The second-order valence-corrected chi connectivity index (χ2v) is 3.75. The number of benzene rings is 1. The molecule has 1 aromatic carbocycles. The van der Waals surface area contributed by atoms with E-state index in [2.05, 4.69) is 30.3 Å². The highest BCUT2D eigenvalue weighted by Gasteiger charge is 2.14. The van der Waals surface area contributed by atoms with Crippen LogP contribution in [-0.4, -0.2) is 21.0 Å². The van der Waals surface area contributed by atoms with Crippen LogP contribution in [0.25, 0.3) is 0 Å². The van der Waals surface area contributed by atoms with Crippen molar-refractivity contribution in [2.24, 2.45) is 0 Å². The zero-order valence-corrected chi connectivity index (χ0v) is 9.29. The SMILES string of the molecule is OO.OO.c1ccc(C2CCCCC2)cc1. The third kappa shape index (κ3) is 5.23. The van der Waals surface area contributed by atoms with Crippen molar-refractivity contribution in [3.8, 4) is 0 Å². The van der Waals surface area contributed by atoms with E-state index in [1.165, 1.54) is 32.1 Å². The van der Waals surface area contributed by atoms with Crippen molar-refractivity contribution in [2.45, 2.75) is 38.0 Å². The second-order valence-electron chi connectivity index (χ2n) is 3.75. The maximum Gasteiger partial charge on any atom is -0.0162 e. The summed E-state index contributed by atoms with van der Waals surface area (Å²) in [6.07, 6.45) is 7.12. The third-order valence-corrected chi connectivity index (χ3v) is 2.88. The van der Waals surface area contributed by atoms with E-state index >= 15 is 0 Å². The summed E-state index contributed by atoms with van der Waals surface area (Å²) in [4.78, 5) is 0. The molecule has 1 aromatic rings. The summed E-state index contributed by atoms with van der Waals surface area (Å²) < 4.78 is 0. The Hall–Kier alpha value is -0.940. The molecule has 1 aliphatic rings. The first kappa shape index (κ1) is 15.1. The molecule has 0 aliphatic heterocycles. The molecule has 0 radical (unpaired) electrons. The van der Waals surface area contributed by atoms with Crippen LogP contribution in [0.4, 0.5) is 0 Å². The topological polar surface area (TPSA) is 80.9 Å². The first-order valence-corrected chi connectivity index (χ1v) is 5.42. The third-order valence-electron chi connectivity index (χ3n) is 2.88. The summed E-state index contributed by atoms with van der Waals surface area (Å²) in [6.45, 7) is 0. The summed E-state index contributed by atoms with van der Waals surface area (Å²) in [6, 6.07) is 11.0. The fourth-order valence-electron chi connectivity index (χ4n) is 2.16. The molecule has 92 valence electrons. The Balaban J connectivity index is 0.000000509. The maximum absolute atomic E-state index is 6.00. The molecular weight excluding hydrogens is 208 g/mol. The van der Waals surface area contributed by atoms with E-state index < -0.39 is 0 Å². The summed E-state index contributed by atoms with van der Waals surface area (Å²) in [7, 11) is 0. The summed E-state index contributed by atoms with van der Waals surface area (Å²) in [5, 5.41) is 24.0. The monoisotopic (exact) mass is 228 g/mol. The van der Waals surface area contributed by atoms with E-state index in [1.54, 1.807) is 5.56 Å². The van der Waals surface area contributed by atoms with Gasteiger partial charge in [-0.3, -0.25) is 21.0 Å². The van der Waals surface area contributed by atoms with Crippen molar-refractivity contribution in [1.29, 1.82) is 0 Å². The Morgan fingerprint density at radius 1 is 0.750 bits per heavy atom. The van der Waals surface area contributed by atoms with E-state index in [0.29, 0.717) is 0 Å².